The van der Waals surface area contributed by atoms with E-state index in [1.54, 1.807) is 67.8 Å². The van der Waals surface area contributed by atoms with Crippen molar-refractivity contribution in [3.8, 4) is 0 Å². The Morgan fingerprint density at radius 3 is 2.08 bits per heavy atom. The highest BCUT2D eigenvalue weighted by molar-refractivity contribution is 7.10. The molecule has 12 N–H and O–H groups in total. The topological polar surface area (TPSA) is 357 Å². The number of ether oxygens (including phenoxy) is 2. The second-order valence-corrected chi connectivity index (χ2v) is 24.9. The number of benzene rings is 2. The van der Waals surface area contributed by atoms with Crippen molar-refractivity contribution in [3.63, 3.8) is 0 Å². The molecule has 4 rings (SSSR count). The Kier molecular flexibility index (Phi) is 30.0. The number of nitrogens with zero attached hydrogens (tertiary/aromatic N) is 3. The number of carboxylic acids is 1. The lowest BCUT2D eigenvalue weighted by Gasteiger charge is -2.38. The normalized spacial score (nSPS) is 15.9. The average Bonchev–Trinajstić information content (AvgIpc) is 3.79. The first-order chi connectivity index (χ1) is 41.7. The third-order valence-corrected chi connectivity index (χ3v) is 16.6. The lowest BCUT2D eigenvalue weighted by molar-refractivity contribution is -0.214. The van der Waals surface area contributed by atoms with Gasteiger partial charge in [-0.3, -0.25) is 43.8 Å². The Labute approximate surface area is 521 Å². The van der Waals surface area contributed by atoms with Crippen LogP contribution in [0.4, 0.5) is 31.6 Å². The Balaban J connectivity index is 1.47. The van der Waals surface area contributed by atoms with E-state index in [0.29, 0.717) is 46.8 Å². The number of carboxylic acid groups (broad SMARTS) is 1. The van der Waals surface area contributed by atoms with E-state index in [9.17, 15) is 48.3 Å². The van der Waals surface area contributed by atoms with E-state index in [1.165, 1.54) is 26.0 Å². The van der Waals surface area contributed by atoms with Crippen molar-refractivity contribution >= 4 is 82.3 Å². The Bertz CT molecular complexity index is 2760. The predicted octanol–water partition coefficient (Wildman–Crippen LogP) is 8.03. The number of rotatable bonds is 35. The molecule has 1 aliphatic heterocycles. The molecule has 88 heavy (non-hydrogen) atoms. The van der Waals surface area contributed by atoms with Crippen LogP contribution in [0.2, 0.25) is 0 Å². The zero-order valence-electron chi connectivity index (χ0n) is 53.0. The fraction of sp³-hybridized carbons (Fsp3) is 0.613. The summed E-state index contributed by atoms with van der Waals surface area (Å²) < 4.78 is 11.4. The number of amides is 9. The molecule has 0 aliphatic carbocycles. The highest BCUT2D eigenvalue weighted by atomic mass is 32.1. The van der Waals surface area contributed by atoms with Gasteiger partial charge in [0.2, 0.25) is 23.6 Å². The van der Waals surface area contributed by atoms with Crippen LogP contribution in [0.15, 0.2) is 53.9 Å². The van der Waals surface area contributed by atoms with Gasteiger partial charge < -0.3 is 57.9 Å². The number of carbonyl (C=O) groups is 9. The van der Waals surface area contributed by atoms with Crippen molar-refractivity contribution in [1.82, 2.24) is 36.2 Å². The Morgan fingerprint density at radius 2 is 1.49 bits per heavy atom. The monoisotopic (exact) mass is 1250 g/mol. The molecular weight excluding hydrogens is 1150 g/mol. The molecule has 488 valence electrons. The second kappa shape index (κ2) is 36.2. The number of nitrogens with two attached hydrogens (primary N) is 2. The highest BCUT2D eigenvalue weighted by Gasteiger charge is 2.42. The van der Waals surface area contributed by atoms with Gasteiger partial charge in [0.1, 0.15) is 29.4 Å². The minimum Gasteiger partial charge on any atom is -0.481 e. The van der Waals surface area contributed by atoms with Crippen LogP contribution in [0.1, 0.15) is 155 Å². The maximum atomic E-state index is 15.0. The number of nitrogens with one attached hydrogen (secondary N) is 7. The van der Waals surface area contributed by atoms with Gasteiger partial charge in [0.25, 0.3) is 5.91 Å². The van der Waals surface area contributed by atoms with Gasteiger partial charge in [0, 0.05) is 42.7 Å². The van der Waals surface area contributed by atoms with Gasteiger partial charge in [-0.2, -0.15) is 0 Å². The van der Waals surface area contributed by atoms with Gasteiger partial charge >= 0.3 is 24.2 Å². The molecule has 2 aromatic carbocycles. The molecule has 0 spiro atoms. The summed E-state index contributed by atoms with van der Waals surface area (Å²) in [7, 11) is 3.38. The van der Waals surface area contributed by atoms with Crippen LogP contribution in [-0.4, -0.2) is 132 Å². The van der Waals surface area contributed by atoms with E-state index in [0.717, 1.165) is 50.0 Å². The molecule has 1 saturated heterocycles. The lowest BCUT2D eigenvalue weighted by atomic mass is 9.80. The van der Waals surface area contributed by atoms with Crippen LogP contribution in [0, 0.1) is 35.0 Å². The van der Waals surface area contributed by atoms with Crippen molar-refractivity contribution in [2.75, 3.05) is 49.7 Å². The molecule has 0 unspecified atom stereocenters. The molecule has 1 fully saturated rings. The predicted molar refractivity (Wildman–Crippen MR) is 336 cm³/mol. The van der Waals surface area contributed by atoms with Gasteiger partial charge in [0.15, 0.2) is 6.10 Å². The molecule has 0 saturated carbocycles. The zero-order valence-corrected chi connectivity index (χ0v) is 53.9. The third-order valence-electron chi connectivity index (χ3n) is 15.7. The first kappa shape index (κ1) is 73.1. The molecule has 2 heterocycles. The largest absolute Gasteiger partial charge is 0.481 e. The number of likely N-dealkylation sites (tertiary alicyclic amines) is 1. The summed E-state index contributed by atoms with van der Waals surface area (Å²) in [5.41, 5.74) is 11.9. The number of anilines is 3. The number of hydrogen-bond donors (Lipinski definition) is 10. The van der Waals surface area contributed by atoms with Crippen LogP contribution >= 0.6 is 11.3 Å². The molecule has 3 aromatic rings. The fourth-order valence-corrected chi connectivity index (χ4v) is 10.6. The van der Waals surface area contributed by atoms with Gasteiger partial charge in [-0.1, -0.05) is 92.0 Å². The molecular formula is C62H96N12O13S. The van der Waals surface area contributed by atoms with Gasteiger partial charge in [-0.05, 0) is 132 Å². The SMILES string of the molecule is CCCCCON(C(=O)[C@H](C(=O)N[C@H]1CCCCN1C)[C@@H](C)CC)[C@H](C[C@@H](OC(=O)NC)c1nc(NC(=O)[C@@H](Cc2ccc(NC(=O)OCc3ccc(NC(=O)[C@H](CCCNC(N)=O)NC(=O)[C@@H](N)C(C)C)cc3)cc2)CC(C)(C)C(=O)O)cs1)C(C)C. The molecule has 0 radical (unpaired) electrons. The van der Waals surface area contributed by atoms with Crippen molar-refractivity contribution in [2.24, 2.45) is 46.5 Å². The maximum absolute atomic E-state index is 15.0. The molecule has 25 nitrogen and oxygen atoms in total. The number of alkyl carbamates (subject to hydrolysis) is 1. The summed E-state index contributed by atoms with van der Waals surface area (Å²) >= 11 is 1.12. The molecule has 1 aromatic heterocycles. The average molecular weight is 1250 g/mol. The number of thiazole rings is 1. The van der Waals surface area contributed by atoms with Crippen molar-refractivity contribution in [2.45, 2.75) is 176 Å². The zero-order chi connectivity index (χ0) is 65.3. The van der Waals surface area contributed by atoms with Crippen molar-refractivity contribution in [1.29, 1.82) is 0 Å². The number of hydrogen-bond acceptors (Lipinski definition) is 16. The van der Waals surface area contributed by atoms with E-state index in [1.807, 2.05) is 34.7 Å². The van der Waals surface area contributed by atoms with E-state index in [2.05, 4.69) is 49.0 Å². The van der Waals surface area contributed by atoms with Crippen LogP contribution < -0.4 is 48.7 Å². The Morgan fingerprint density at radius 1 is 0.830 bits per heavy atom. The van der Waals surface area contributed by atoms with Crippen molar-refractivity contribution in [3.05, 3.63) is 70.0 Å². The van der Waals surface area contributed by atoms with Gasteiger partial charge in [0.05, 0.1) is 30.3 Å². The number of primary amides is 1. The van der Waals surface area contributed by atoms with Gasteiger partial charge in [-0.15, -0.1) is 11.3 Å². The number of carbonyl (C=O) groups excluding carboxylic acids is 8. The number of piperidine rings is 1. The van der Waals surface area contributed by atoms with E-state index in [4.69, 9.17) is 30.8 Å². The molecule has 1 aliphatic rings. The quantitative estimate of drug-likeness (QED) is 0.0151. The summed E-state index contributed by atoms with van der Waals surface area (Å²) in [5, 5.41) is 32.5. The smallest absolute Gasteiger partial charge is 0.411 e. The highest BCUT2D eigenvalue weighted by Crippen LogP contribution is 2.35. The Hall–Kier alpha value is -7.42. The first-order valence-corrected chi connectivity index (χ1v) is 31.4. The van der Waals surface area contributed by atoms with E-state index >= 15 is 0 Å². The number of hydroxylamine groups is 2. The van der Waals surface area contributed by atoms with Crippen LogP contribution in [0.3, 0.4) is 0 Å². The number of aliphatic carboxylic acids is 1. The minimum atomic E-state index is -1.33. The van der Waals surface area contributed by atoms with Crippen molar-refractivity contribution < 1.29 is 62.6 Å². The van der Waals surface area contributed by atoms with Gasteiger partial charge in [-0.25, -0.2) is 24.4 Å². The molecule has 26 heteroatoms. The van der Waals surface area contributed by atoms with Crippen LogP contribution in [0.5, 0.6) is 0 Å². The summed E-state index contributed by atoms with van der Waals surface area (Å²) in [5.74, 6) is -6.11. The maximum Gasteiger partial charge on any atom is 0.411 e. The van der Waals surface area contributed by atoms with E-state index < -0.39 is 89.3 Å². The lowest BCUT2D eigenvalue weighted by Crippen LogP contribution is -2.55. The first-order valence-electron chi connectivity index (χ1n) is 30.5. The van der Waals surface area contributed by atoms with E-state index in [-0.39, 0.29) is 81.1 Å². The fourth-order valence-electron chi connectivity index (χ4n) is 9.85. The number of aromatic nitrogens is 1. The molecule has 9 amide bonds. The summed E-state index contributed by atoms with van der Waals surface area (Å²) in [4.78, 5) is 132. The summed E-state index contributed by atoms with van der Waals surface area (Å²) in [6, 6.07) is 9.94. The standard InChI is InChI=1S/C62H96N12O13S/c1-12-14-17-31-86-74(57(79)50(39(7)13-2)54(77)72-49-20-15-16-30-73(49)11)46(37(3)4)33-47(87-60(83)65-10)56-71-48(36-88-56)70-52(75)42(34-62(8,9)58(80)81)32-40-21-25-44(26-22-40)68-61(84)85-35-41-23-27-43(28-24-41)67-53(76)45(19-18-29-66-59(64)82)69-55(78)51(63)38(5)6/h21-28,36-39,42,45-47,49-51H,12-20,29-35,63H2,1-11H3,(H,65,83)(H,67,76)(H,68,84)(H,69,78)(H,70,75)(H,72,77)(H,80,81)(H3,64,66,82)/t39-,42-,45-,46+,47+,49+,50-,51-/m0/s1. The summed E-state index contributed by atoms with van der Waals surface area (Å²) in [6.45, 7) is 17.5. The molecule has 8 atom stereocenters. The third kappa shape index (κ3) is 23.6. The van der Waals surface area contributed by atoms with Crippen LogP contribution in [0.25, 0.3) is 0 Å². The van der Waals surface area contributed by atoms with Crippen LogP contribution in [-0.2, 0) is 56.1 Å². The number of unbranched alkanes of at least 4 members (excludes halogenated alkanes) is 2. The second-order valence-electron chi connectivity index (χ2n) is 24.0. The molecule has 0 bridgehead atoms. The number of urea groups is 1. The minimum absolute atomic E-state index is 0.0177. The summed E-state index contributed by atoms with van der Waals surface area (Å²) in [6.07, 6.45) is 3.51.